The lowest BCUT2D eigenvalue weighted by molar-refractivity contribution is -0.294. The Morgan fingerprint density at radius 1 is 1.23 bits per heavy atom. The van der Waals surface area contributed by atoms with E-state index in [-0.39, 0.29) is 16.9 Å². The predicted molar refractivity (Wildman–Crippen MR) is 116 cm³/mol. The summed E-state index contributed by atoms with van der Waals surface area (Å²) in [5, 5.41) is 0. The first-order chi connectivity index (χ1) is 15.0. The smallest absolute Gasteiger partial charge is 0.165 e. The zero-order valence-electron chi connectivity index (χ0n) is 18.9. The number of hydrogen-bond acceptors (Lipinski definition) is 5. The van der Waals surface area contributed by atoms with Crippen molar-refractivity contribution in [3.8, 4) is 11.5 Å². The van der Waals surface area contributed by atoms with Crippen LogP contribution in [-0.2, 0) is 21.4 Å². The molecule has 2 aliphatic heterocycles. The van der Waals surface area contributed by atoms with E-state index in [1.807, 2.05) is 0 Å². The Hall–Kier alpha value is -1.59. The van der Waals surface area contributed by atoms with Crippen LogP contribution in [-0.4, -0.2) is 56.2 Å². The molecule has 0 amide bonds. The van der Waals surface area contributed by atoms with Gasteiger partial charge in [-0.3, -0.25) is 4.90 Å². The number of rotatable bonds is 5. The summed E-state index contributed by atoms with van der Waals surface area (Å²) < 4.78 is 19.1. The molecule has 0 unspecified atom stereocenters. The molecule has 5 heteroatoms. The van der Waals surface area contributed by atoms with Gasteiger partial charge in [0.25, 0.3) is 0 Å². The minimum atomic E-state index is -0.585. The molecule has 1 aromatic carbocycles. The van der Waals surface area contributed by atoms with Gasteiger partial charge in [0, 0.05) is 36.1 Å². The van der Waals surface area contributed by atoms with Gasteiger partial charge in [-0.1, -0.05) is 6.07 Å². The minimum Gasteiger partial charge on any atom is -0.493 e. The van der Waals surface area contributed by atoms with E-state index in [1.165, 1.54) is 36.8 Å². The highest BCUT2D eigenvalue weighted by Gasteiger charge is 2.83. The van der Waals surface area contributed by atoms with Gasteiger partial charge in [-0.05, 0) is 76.0 Å². The summed E-state index contributed by atoms with van der Waals surface area (Å²) in [6.45, 7) is 4.48. The molecule has 6 atom stereocenters. The molecule has 2 spiro atoms. The molecule has 0 aromatic heterocycles. The third-order valence-corrected chi connectivity index (χ3v) is 10.6. The lowest BCUT2D eigenvalue weighted by Crippen LogP contribution is -2.83. The zero-order chi connectivity index (χ0) is 21.2. The quantitative estimate of drug-likeness (QED) is 0.679. The molecular formula is C26H33NO4. The van der Waals surface area contributed by atoms with Crippen molar-refractivity contribution in [1.82, 2.24) is 4.90 Å². The highest BCUT2D eigenvalue weighted by molar-refractivity contribution is 5.69. The molecule has 4 bridgehead atoms. The van der Waals surface area contributed by atoms with Crippen LogP contribution in [0.3, 0.4) is 0 Å². The monoisotopic (exact) mass is 423 g/mol. The Balaban J connectivity index is 1.51. The van der Waals surface area contributed by atoms with Gasteiger partial charge < -0.3 is 19.0 Å². The molecule has 166 valence electrons. The molecule has 4 saturated carbocycles. The molecule has 2 heterocycles. The number of ether oxygens (including phenoxy) is 3. The molecule has 5 nitrogen and oxygen atoms in total. The van der Waals surface area contributed by atoms with Crippen molar-refractivity contribution >= 4 is 6.29 Å². The maximum absolute atomic E-state index is 12.7. The summed E-state index contributed by atoms with van der Waals surface area (Å²) in [6, 6.07) is 4.85. The van der Waals surface area contributed by atoms with Gasteiger partial charge in [0.2, 0.25) is 0 Å². The van der Waals surface area contributed by atoms with Crippen LogP contribution in [0.15, 0.2) is 12.1 Å². The molecule has 1 saturated heterocycles. The van der Waals surface area contributed by atoms with Crippen LogP contribution >= 0.6 is 0 Å². The third-order valence-electron chi connectivity index (χ3n) is 10.6. The number of likely N-dealkylation sites (tertiary alicyclic amines) is 1. The van der Waals surface area contributed by atoms with Crippen LogP contribution in [0.2, 0.25) is 0 Å². The topological polar surface area (TPSA) is 48.0 Å². The standard InChI is InChI=1S/C26H33NO4/c1-23(15-28)14-24-8-9-26(23,30-3)22-25(24)10-11-27(13-16-4-5-16)19(24)12-17-6-7-18(29-2)21(31-22)20(17)25/h6-7,15-16,19,22H,4-5,8-14H2,1-3H3/t19-,22-,23+,24-,25+,26+/m1/s1. The number of benzene rings is 1. The first-order valence-corrected chi connectivity index (χ1v) is 12.1. The lowest BCUT2D eigenvalue weighted by atomic mass is 9.32. The molecule has 31 heavy (non-hydrogen) atoms. The van der Waals surface area contributed by atoms with E-state index in [9.17, 15) is 4.79 Å². The number of methoxy groups -OCH3 is 2. The van der Waals surface area contributed by atoms with Crippen LogP contribution in [0.1, 0.15) is 56.6 Å². The van der Waals surface area contributed by atoms with Gasteiger partial charge in [0.1, 0.15) is 18.0 Å². The number of carbonyl (C=O) groups is 1. The maximum Gasteiger partial charge on any atom is 0.165 e. The van der Waals surface area contributed by atoms with Crippen LogP contribution in [0, 0.1) is 16.7 Å². The van der Waals surface area contributed by atoms with Gasteiger partial charge in [-0.15, -0.1) is 0 Å². The Labute approximate surface area is 184 Å². The van der Waals surface area contributed by atoms with E-state index in [0.29, 0.717) is 6.04 Å². The Morgan fingerprint density at radius 3 is 2.77 bits per heavy atom. The number of aldehydes is 1. The Bertz CT molecular complexity index is 990. The van der Waals surface area contributed by atoms with E-state index in [2.05, 4.69) is 24.0 Å². The minimum absolute atomic E-state index is 0.0609. The van der Waals surface area contributed by atoms with E-state index < -0.39 is 11.0 Å². The SMILES string of the molecule is COc1ccc2c3c1O[C@H]1[C@@]4(OC)CC[C@@]5(C[C@@]4(C)C=O)[C@@H](C2)N(CC2CC2)CC[C@]315. The van der Waals surface area contributed by atoms with Crippen molar-refractivity contribution in [2.24, 2.45) is 16.7 Å². The van der Waals surface area contributed by atoms with Crippen LogP contribution in [0.4, 0.5) is 0 Å². The molecular weight excluding hydrogens is 390 g/mol. The average Bonchev–Trinajstić information content (AvgIpc) is 3.52. The largest absolute Gasteiger partial charge is 0.493 e. The average molecular weight is 424 g/mol. The van der Waals surface area contributed by atoms with Crippen molar-refractivity contribution < 1.29 is 19.0 Å². The molecule has 8 rings (SSSR count). The summed E-state index contributed by atoms with van der Waals surface area (Å²) in [7, 11) is 3.53. The van der Waals surface area contributed by atoms with Crippen LogP contribution < -0.4 is 9.47 Å². The third kappa shape index (κ3) is 1.85. The van der Waals surface area contributed by atoms with Gasteiger partial charge in [-0.2, -0.15) is 0 Å². The van der Waals surface area contributed by atoms with Crippen LogP contribution in [0.25, 0.3) is 0 Å². The first kappa shape index (κ1) is 18.9. The second-order valence-electron chi connectivity index (χ2n) is 11.5. The van der Waals surface area contributed by atoms with Crippen molar-refractivity contribution in [2.45, 2.75) is 75.0 Å². The molecule has 7 aliphatic rings. The number of carbonyl (C=O) groups excluding carboxylic acids is 1. The highest BCUT2D eigenvalue weighted by atomic mass is 16.6. The van der Waals surface area contributed by atoms with Crippen molar-refractivity contribution in [1.29, 1.82) is 0 Å². The number of piperidine rings is 1. The van der Waals surface area contributed by atoms with Gasteiger partial charge in [0.15, 0.2) is 11.5 Å². The fraction of sp³-hybridized carbons (Fsp3) is 0.731. The summed E-state index contributed by atoms with van der Waals surface area (Å²) >= 11 is 0. The summed E-state index contributed by atoms with van der Waals surface area (Å²) in [6.07, 6.45) is 8.90. The zero-order valence-corrected chi connectivity index (χ0v) is 18.9. The highest BCUT2D eigenvalue weighted by Crippen LogP contribution is 2.78. The number of fused-ring (bicyclic) bond motifs is 2. The van der Waals surface area contributed by atoms with Gasteiger partial charge >= 0.3 is 0 Å². The molecule has 0 radical (unpaired) electrons. The predicted octanol–water partition coefficient (Wildman–Crippen LogP) is 3.51. The summed E-state index contributed by atoms with van der Waals surface area (Å²) in [5.74, 6) is 2.63. The normalized spacial score (nSPS) is 46.4. The van der Waals surface area contributed by atoms with Crippen molar-refractivity contribution in [3.05, 3.63) is 23.3 Å². The summed E-state index contributed by atoms with van der Waals surface area (Å²) in [5.41, 5.74) is 1.69. The molecule has 5 aliphatic carbocycles. The Morgan fingerprint density at radius 2 is 2.06 bits per heavy atom. The van der Waals surface area contributed by atoms with E-state index in [1.54, 1.807) is 14.2 Å². The van der Waals surface area contributed by atoms with Crippen molar-refractivity contribution in [3.63, 3.8) is 0 Å². The fourth-order valence-electron chi connectivity index (χ4n) is 9.17. The second kappa shape index (κ2) is 5.66. The maximum atomic E-state index is 12.7. The number of hydrogen-bond donors (Lipinski definition) is 0. The fourth-order valence-corrected chi connectivity index (χ4v) is 9.17. The molecule has 0 N–H and O–H groups in total. The summed E-state index contributed by atoms with van der Waals surface area (Å²) in [4.78, 5) is 15.5. The molecule has 5 fully saturated rings. The van der Waals surface area contributed by atoms with E-state index in [4.69, 9.17) is 14.2 Å². The van der Waals surface area contributed by atoms with E-state index in [0.717, 1.165) is 56.1 Å². The van der Waals surface area contributed by atoms with E-state index >= 15 is 0 Å². The van der Waals surface area contributed by atoms with Gasteiger partial charge in [-0.25, -0.2) is 0 Å². The lowest BCUT2D eigenvalue weighted by Gasteiger charge is -2.75. The van der Waals surface area contributed by atoms with Gasteiger partial charge in [0.05, 0.1) is 12.5 Å². The second-order valence-corrected chi connectivity index (χ2v) is 11.5. The molecule has 1 aromatic rings. The Kier molecular flexibility index (Phi) is 3.46. The van der Waals surface area contributed by atoms with Crippen LogP contribution in [0.5, 0.6) is 11.5 Å². The first-order valence-electron chi connectivity index (χ1n) is 12.1. The van der Waals surface area contributed by atoms with Crippen molar-refractivity contribution in [2.75, 3.05) is 27.3 Å². The number of nitrogens with zero attached hydrogens (tertiary/aromatic N) is 1.